The van der Waals surface area contributed by atoms with Crippen LogP contribution in [0, 0.1) is 0 Å². The summed E-state index contributed by atoms with van der Waals surface area (Å²) in [5.74, 6) is -5.10. The van der Waals surface area contributed by atoms with Crippen LogP contribution in [0.25, 0.3) is 0 Å². The zero-order valence-corrected chi connectivity index (χ0v) is 13.5. The average molecular weight is 435 g/mol. The summed E-state index contributed by atoms with van der Waals surface area (Å²) in [6.45, 7) is -0.866. The second kappa shape index (κ2) is 7.81. The van der Waals surface area contributed by atoms with Crippen molar-refractivity contribution in [3.05, 3.63) is 0 Å². The number of rotatable bonds is 6. The van der Waals surface area contributed by atoms with Crippen LogP contribution in [0.3, 0.4) is 0 Å². The molecule has 10 nitrogen and oxygen atoms in total. The minimum Gasteiger partial charge on any atom is -0.477 e. The lowest BCUT2D eigenvalue weighted by atomic mass is 9.88. The highest BCUT2D eigenvalue weighted by molar-refractivity contribution is 14.1. The Balaban J connectivity index is 3.07. The molecule has 1 aliphatic rings. The molecule has 0 aromatic heterocycles. The third kappa shape index (κ3) is 4.24. The summed E-state index contributed by atoms with van der Waals surface area (Å²) in [5, 5.41) is 59.4. The number of carbonyl (C=O) groups excluding carboxylic acids is 1. The number of nitrogens with one attached hydrogen (secondary N) is 1. The minimum absolute atomic E-state index is 0.0234. The SMILES string of the molecule is O=C(CI)N[C@H]1[C@H]([C@H](O)[C@H](O)CO)OC(O)(C(=O)O)C[C@@H]1O. The molecule has 0 radical (unpaired) electrons. The molecule has 7 N–H and O–H groups in total. The number of amides is 1. The van der Waals surface area contributed by atoms with Crippen molar-refractivity contribution in [3.8, 4) is 0 Å². The van der Waals surface area contributed by atoms with Gasteiger partial charge in [0.15, 0.2) is 0 Å². The number of hydrogen-bond acceptors (Lipinski definition) is 8. The van der Waals surface area contributed by atoms with Crippen molar-refractivity contribution in [3.63, 3.8) is 0 Å². The number of aliphatic hydroxyl groups excluding tert-OH is 4. The molecule has 1 unspecified atom stereocenters. The van der Waals surface area contributed by atoms with Crippen molar-refractivity contribution >= 4 is 34.5 Å². The van der Waals surface area contributed by atoms with Crippen molar-refractivity contribution in [2.45, 2.75) is 42.7 Å². The van der Waals surface area contributed by atoms with Gasteiger partial charge >= 0.3 is 5.97 Å². The van der Waals surface area contributed by atoms with Gasteiger partial charge in [-0.15, -0.1) is 0 Å². The highest BCUT2D eigenvalue weighted by atomic mass is 127. The van der Waals surface area contributed by atoms with Crippen molar-refractivity contribution in [1.29, 1.82) is 0 Å². The molecule has 0 saturated carbocycles. The third-order valence-corrected chi connectivity index (χ3v) is 3.98. The molecule has 0 aliphatic carbocycles. The van der Waals surface area contributed by atoms with E-state index >= 15 is 0 Å². The Hall–Kier alpha value is -0.570. The highest BCUT2D eigenvalue weighted by Gasteiger charge is 2.53. The number of ether oxygens (including phenoxy) is 1. The summed E-state index contributed by atoms with van der Waals surface area (Å²) >= 11 is 1.75. The van der Waals surface area contributed by atoms with Gasteiger partial charge in [-0.2, -0.15) is 0 Å². The molecule has 1 amide bonds. The fourth-order valence-electron chi connectivity index (χ4n) is 2.13. The molecule has 128 valence electrons. The third-order valence-electron chi connectivity index (χ3n) is 3.29. The molecule has 1 saturated heterocycles. The van der Waals surface area contributed by atoms with Crippen molar-refractivity contribution in [1.82, 2.24) is 5.32 Å². The molecular formula is C11H18INO9. The molecule has 0 spiro atoms. The number of carbonyl (C=O) groups is 2. The van der Waals surface area contributed by atoms with Crippen LogP contribution < -0.4 is 5.32 Å². The smallest absolute Gasteiger partial charge is 0.364 e. The van der Waals surface area contributed by atoms with Crippen LogP contribution in [0.1, 0.15) is 6.42 Å². The standard InChI is InChI=1S/C11H18INO9/c12-2-6(17)13-7-4(15)1-11(21,10(19)20)22-9(7)8(18)5(16)3-14/h4-5,7-9,14-16,18,21H,1-3H2,(H,13,17)(H,19,20)/t4-,5+,7+,8+,9+,11?/m0/s1. The molecule has 1 aliphatic heterocycles. The molecule has 0 aromatic carbocycles. The van der Waals surface area contributed by atoms with Crippen LogP contribution >= 0.6 is 22.6 Å². The maximum atomic E-state index is 11.5. The maximum Gasteiger partial charge on any atom is 0.364 e. The van der Waals surface area contributed by atoms with Gasteiger partial charge < -0.3 is 40.7 Å². The predicted octanol–water partition coefficient (Wildman–Crippen LogP) is -3.46. The zero-order chi connectivity index (χ0) is 17.1. The Morgan fingerprint density at radius 1 is 1.41 bits per heavy atom. The maximum absolute atomic E-state index is 11.5. The fourth-order valence-corrected chi connectivity index (χ4v) is 2.35. The van der Waals surface area contributed by atoms with Crippen LogP contribution in [0.2, 0.25) is 0 Å². The molecule has 11 heteroatoms. The van der Waals surface area contributed by atoms with E-state index in [0.717, 1.165) is 0 Å². The quantitative estimate of drug-likeness (QED) is 0.165. The number of carboxylic acids is 1. The molecule has 1 fully saturated rings. The molecule has 0 aromatic rings. The summed E-state index contributed by atoms with van der Waals surface area (Å²) in [7, 11) is 0. The normalized spacial score (nSPS) is 34.7. The van der Waals surface area contributed by atoms with Crippen molar-refractivity contribution in [2.24, 2.45) is 0 Å². The van der Waals surface area contributed by atoms with Gasteiger partial charge in [-0.3, -0.25) is 4.79 Å². The highest BCUT2D eigenvalue weighted by Crippen LogP contribution is 2.30. The second-order valence-electron chi connectivity index (χ2n) is 4.91. The first kappa shape index (κ1) is 19.5. The van der Waals surface area contributed by atoms with Gasteiger partial charge in [0.05, 0.1) is 23.2 Å². The van der Waals surface area contributed by atoms with Crippen LogP contribution in [0.15, 0.2) is 0 Å². The van der Waals surface area contributed by atoms with Gasteiger partial charge in [0.2, 0.25) is 5.91 Å². The first-order valence-corrected chi connectivity index (χ1v) is 7.82. The lowest BCUT2D eigenvalue weighted by Gasteiger charge is -2.44. The van der Waals surface area contributed by atoms with E-state index in [1.165, 1.54) is 0 Å². The molecule has 6 atom stereocenters. The number of hydrogen-bond donors (Lipinski definition) is 7. The van der Waals surface area contributed by atoms with E-state index < -0.39 is 61.1 Å². The van der Waals surface area contributed by atoms with Crippen LogP contribution in [0.5, 0.6) is 0 Å². The van der Waals surface area contributed by atoms with E-state index in [0.29, 0.717) is 0 Å². The Kier molecular flexibility index (Phi) is 6.91. The summed E-state index contributed by atoms with van der Waals surface area (Å²) in [6, 6.07) is -1.27. The largest absolute Gasteiger partial charge is 0.477 e. The lowest BCUT2D eigenvalue weighted by molar-refractivity contribution is -0.295. The number of alkyl halides is 1. The summed E-state index contributed by atoms with van der Waals surface area (Å²) < 4.78 is 4.93. The van der Waals surface area contributed by atoms with E-state index in [1.54, 1.807) is 22.6 Å². The predicted molar refractivity (Wildman–Crippen MR) is 78.0 cm³/mol. The first-order valence-electron chi connectivity index (χ1n) is 6.30. The van der Waals surface area contributed by atoms with Gasteiger partial charge in [-0.1, -0.05) is 22.6 Å². The molecule has 1 heterocycles. The topological polar surface area (TPSA) is 177 Å². The number of aliphatic hydroxyl groups is 5. The molecule has 1 rings (SSSR count). The van der Waals surface area contributed by atoms with Gasteiger partial charge in [0.1, 0.15) is 18.3 Å². The number of halogens is 1. The van der Waals surface area contributed by atoms with E-state index in [1.807, 2.05) is 0 Å². The molecule has 22 heavy (non-hydrogen) atoms. The van der Waals surface area contributed by atoms with E-state index in [9.17, 15) is 30.0 Å². The summed E-state index contributed by atoms with van der Waals surface area (Å²) in [5.41, 5.74) is 0. The van der Waals surface area contributed by atoms with Crippen LogP contribution in [0.4, 0.5) is 0 Å². The summed E-state index contributed by atoms with van der Waals surface area (Å²) in [4.78, 5) is 22.5. The number of carboxylic acid groups (broad SMARTS) is 1. The van der Waals surface area contributed by atoms with E-state index in [-0.39, 0.29) is 4.43 Å². The Morgan fingerprint density at radius 2 is 2.00 bits per heavy atom. The first-order chi connectivity index (χ1) is 10.2. The summed E-state index contributed by atoms with van der Waals surface area (Å²) in [6.07, 6.45) is -7.49. The minimum atomic E-state index is -2.79. The number of aliphatic carboxylic acids is 1. The Morgan fingerprint density at radius 3 is 2.45 bits per heavy atom. The van der Waals surface area contributed by atoms with Gasteiger partial charge in [-0.05, 0) is 0 Å². The average Bonchev–Trinajstić information content (AvgIpc) is 2.47. The second-order valence-corrected chi connectivity index (χ2v) is 5.67. The van der Waals surface area contributed by atoms with E-state index in [2.05, 4.69) is 5.32 Å². The Labute approximate surface area is 138 Å². The van der Waals surface area contributed by atoms with Crippen molar-refractivity contribution < 1.29 is 45.0 Å². The fraction of sp³-hybridized carbons (Fsp3) is 0.818. The van der Waals surface area contributed by atoms with Gasteiger partial charge in [0.25, 0.3) is 5.79 Å². The van der Waals surface area contributed by atoms with Crippen LogP contribution in [-0.4, -0.2) is 89.8 Å². The monoisotopic (exact) mass is 435 g/mol. The lowest BCUT2D eigenvalue weighted by Crippen LogP contribution is -2.67. The van der Waals surface area contributed by atoms with E-state index in [4.69, 9.17) is 14.9 Å². The van der Waals surface area contributed by atoms with Gasteiger partial charge in [-0.25, -0.2) is 4.79 Å². The molecular weight excluding hydrogens is 417 g/mol. The zero-order valence-electron chi connectivity index (χ0n) is 11.3. The molecule has 0 bridgehead atoms. The van der Waals surface area contributed by atoms with Crippen molar-refractivity contribution in [2.75, 3.05) is 11.0 Å². The van der Waals surface area contributed by atoms with Crippen LogP contribution in [-0.2, 0) is 14.3 Å². The Bertz CT molecular complexity index is 422. The van der Waals surface area contributed by atoms with Gasteiger partial charge in [0, 0.05) is 6.42 Å².